The van der Waals surface area contributed by atoms with Gasteiger partial charge in [-0.2, -0.15) is 0 Å². The van der Waals surface area contributed by atoms with E-state index in [2.05, 4.69) is 17.4 Å². The molecule has 1 unspecified atom stereocenters. The summed E-state index contributed by atoms with van der Waals surface area (Å²) in [4.78, 5) is 0. The average Bonchev–Trinajstić information content (AvgIpc) is 2.83. The van der Waals surface area contributed by atoms with Crippen molar-refractivity contribution in [2.75, 3.05) is 11.9 Å². The minimum Gasteiger partial charge on any atom is -0.488 e. The monoisotopic (exact) mass is 273 g/mol. The molecule has 3 heteroatoms. The van der Waals surface area contributed by atoms with Crippen molar-refractivity contribution in [3.05, 3.63) is 58.6 Å². The Kier molecular flexibility index (Phi) is 3.34. The lowest BCUT2D eigenvalue weighted by molar-refractivity contribution is 0.246. The van der Waals surface area contributed by atoms with Gasteiger partial charge >= 0.3 is 0 Å². The predicted molar refractivity (Wildman–Crippen MR) is 79.2 cm³/mol. The Balaban J connectivity index is 1.61. The molecule has 0 fully saturated rings. The Morgan fingerprint density at radius 2 is 2.11 bits per heavy atom. The normalized spacial score (nSPS) is 16.8. The standard InChI is InChI=1S/C16H16ClNO/c1-11-6-7-13(9-15(11)17)18-10-14-8-12-4-2-3-5-16(12)19-14/h2-7,9,14,18H,8,10H2,1H3. The van der Waals surface area contributed by atoms with Gasteiger partial charge in [0.1, 0.15) is 11.9 Å². The molecule has 19 heavy (non-hydrogen) atoms. The van der Waals surface area contributed by atoms with Crippen LogP contribution in [0.15, 0.2) is 42.5 Å². The number of rotatable bonds is 3. The van der Waals surface area contributed by atoms with Gasteiger partial charge in [0.25, 0.3) is 0 Å². The SMILES string of the molecule is Cc1ccc(NCC2Cc3ccccc3O2)cc1Cl. The molecule has 1 atom stereocenters. The summed E-state index contributed by atoms with van der Waals surface area (Å²) < 4.78 is 5.89. The fourth-order valence-electron chi connectivity index (χ4n) is 2.30. The fraction of sp³-hybridized carbons (Fsp3) is 0.250. The smallest absolute Gasteiger partial charge is 0.123 e. The summed E-state index contributed by atoms with van der Waals surface area (Å²) in [5.41, 5.74) is 3.42. The minimum absolute atomic E-state index is 0.192. The van der Waals surface area contributed by atoms with E-state index >= 15 is 0 Å². The van der Waals surface area contributed by atoms with Crippen LogP contribution in [0.2, 0.25) is 5.02 Å². The number of halogens is 1. The van der Waals surface area contributed by atoms with Crippen LogP contribution in [-0.4, -0.2) is 12.6 Å². The third kappa shape index (κ3) is 2.69. The van der Waals surface area contributed by atoms with Crippen LogP contribution in [-0.2, 0) is 6.42 Å². The molecule has 0 radical (unpaired) electrons. The second-order valence-electron chi connectivity index (χ2n) is 4.90. The van der Waals surface area contributed by atoms with Gasteiger partial charge in [-0.1, -0.05) is 35.9 Å². The van der Waals surface area contributed by atoms with Crippen LogP contribution in [0.5, 0.6) is 5.75 Å². The highest BCUT2D eigenvalue weighted by atomic mass is 35.5. The first-order valence-corrected chi connectivity index (χ1v) is 6.85. The number of benzene rings is 2. The van der Waals surface area contributed by atoms with Gasteiger partial charge in [0.15, 0.2) is 0 Å². The van der Waals surface area contributed by atoms with E-state index in [1.165, 1.54) is 5.56 Å². The van der Waals surface area contributed by atoms with Crippen LogP contribution in [0.4, 0.5) is 5.69 Å². The minimum atomic E-state index is 0.192. The van der Waals surface area contributed by atoms with E-state index in [4.69, 9.17) is 16.3 Å². The first kappa shape index (κ1) is 12.4. The second-order valence-corrected chi connectivity index (χ2v) is 5.30. The Hall–Kier alpha value is -1.67. The third-order valence-electron chi connectivity index (χ3n) is 3.42. The van der Waals surface area contributed by atoms with Crippen LogP contribution >= 0.6 is 11.6 Å². The van der Waals surface area contributed by atoms with E-state index in [0.717, 1.165) is 35.0 Å². The van der Waals surface area contributed by atoms with Crippen molar-refractivity contribution < 1.29 is 4.74 Å². The van der Waals surface area contributed by atoms with Gasteiger partial charge in [0, 0.05) is 17.1 Å². The Bertz CT molecular complexity index is 572. The molecule has 0 amide bonds. The largest absolute Gasteiger partial charge is 0.488 e. The highest BCUT2D eigenvalue weighted by molar-refractivity contribution is 6.31. The maximum atomic E-state index is 6.11. The van der Waals surface area contributed by atoms with Gasteiger partial charge in [-0.15, -0.1) is 0 Å². The molecule has 98 valence electrons. The zero-order chi connectivity index (χ0) is 13.2. The lowest BCUT2D eigenvalue weighted by Crippen LogP contribution is -2.23. The molecular formula is C16H16ClNO. The first-order chi connectivity index (χ1) is 9.22. The average molecular weight is 274 g/mol. The quantitative estimate of drug-likeness (QED) is 0.910. The van der Waals surface area contributed by atoms with Crippen molar-refractivity contribution in [2.45, 2.75) is 19.4 Å². The number of hydrogen-bond acceptors (Lipinski definition) is 2. The Morgan fingerprint density at radius 1 is 1.26 bits per heavy atom. The van der Waals surface area contributed by atoms with Crippen molar-refractivity contribution in [3.63, 3.8) is 0 Å². The number of anilines is 1. The van der Waals surface area contributed by atoms with Crippen molar-refractivity contribution >= 4 is 17.3 Å². The van der Waals surface area contributed by atoms with Crippen LogP contribution in [0.25, 0.3) is 0 Å². The highest BCUT2D eigenvalue weighted by Gasteiger charge is 2.21. The fourth-order valence-corrected chi connectivity index (χ4v) is 2.48. The van der Waals surface area contributed by atoms with E-state index in [1.807, 2.05) is 37.3 Å². The summed E-state index contributed by atoms with van der Waals surface area (Å²) in [6.45, 7) is 2.79. The molecule has 0 spiro atoms. The molecule has 1 aliphatic heterocycles. The molecule has 1 aliphatic rings. The predicted octanol–water partition coefficient (Wildman–Crippen LogP) is 4.06. The molecule has 1 heterocycles. The number of para-hydroxylation sites is 1. The summed E-state index contributed by atoms with van der Waals surface area (Å²) in [6, 6.07) is 14.2. The summed E-state index contributed by atoms with van der Waals surface area (Å²) in [5.74, 6) is 1.01. The molecular weight excluding hydrogens is 258 g/mol. The van der Waals surface area contributed by atoms with Gasteiger partial charge < -0.3 is 10.1 Å². The topological polar surface area (TPSA) is 21.3 Å². The number of hydrogen-bond donors (Lipinski definition) is 1. The van der Waals surface area contributed by atoms with Crippen molar-refractivity contribution in [2.24, 2.45) is 0 Å². The first-order valence-electron chi connectivity index (χ1n) is 6.47. The summed E-state index contributed by atoms with van der Waals surface area (Å²) >= 11 is 6.11. The summed E-state index contributed by atoms with van der Waals surface area (Å²) in [7, 11) is 0. The van der Waals surface area contributed by atoms with Gasteiger partial charge in [-0.25, -0.2) is 0 Å². The molecule has 0 saturated heterocycles. The molecule has 0 bridgehead atoms. The van der Waals surface area contributed by atoms with Gasteiger partial charge in [0.05, 0.1) is 6.54 Å². The van der Waals surface area contributed by atoms with Crippen molar-refractivity contribution in [1.29, 1.82) is 0 Å². The van der Waals surface area contributed by atoms with Crippen LogP contribution in [0.1, 0.15) is 11.1 Å². The third-order valence-corrected chi connectivity index (χ3v) is 3.83. The highest BCUT2D eigenvalue weighted by Crippen LogP contribution is 2.28. The maximum Gasteiger partial charge on any atom is 0.123 e. The number of fused-ring (bicyclic) bond motifs is 1. The second kappa shape index (κ2) is 5.14. The zero-order valence-corrected chi connectivity index (χ0v) is 11.6. The molecule has 3 rings (SSSR count). The summed E-state index contributed by atoms with van der Waals surface area (Å²) in [5, 5.41) is 4.17. The lowest BCUT2D eigenvalue weighted by atomic mass is 10.1. The van der Waals surface area contributed by atoms with Gasteiger partial charge in [0.2, 0.25) is 0 Å². The maximum absolute atomic E-state index is 6.11. The molecule has 0 saturated carbocycles. The molecule has 2 aromatic carbocycles. The van der Waals surface area contributed by atoms with E-state index in [1.54, 1.807) is 0 Å². The van der Waals surface area contributed by atoms with Gasteiger partial charge in [-0.3, -0.25) is 0 Å². The van der Waals surface area contributed by atoms with Crippen LogP contribution in [0, 0.1) is 6.92 Å². The van der Waals surface area contributed by atoms with E-state index in [9.17, 15) is 0 Å². The van der Waals surface area contributed by atoms with E-state index in [-0.39, 0.29) is 6.10 Å². The van der Waals surface area contributed by atoms with E-state index in [0.29, 0.717) is 0 Å². The van der Waals surface area contributed by atoms with Crippen LogP contribution in [0.3, 0.4) is 0 Å². The number of ether oxygens (including phenoxy) is 1. The summed E-state index contributed by atoms with van der Waals surface area (Å²) in [6.07, 6.45) is 1.15. The zero-order valence-electron chi connectivity index (χ0n) is 10.8. The molecule has 0 aliphatic carbocycles. The number of nitrogens with one attached hydrogen (secondary N) is 1. The number of aryl methyl sites for hydroxylation is 1. The van der Waals surface area contributed by atoms with Crippen molar-refractivity contribution in [1.82, 2.24) is 0 Å². The van der Waals surface area contributed by atoms with E-state index < -0.39 is 0 Å². The van der Waals surface area contributed by atoms with Gasteiger partial charge in [-0.05, 0) is 36.2 Å². The van der Waals surface area contributed by atoms with Crippen LogP contribution < -0.4 is 10.1 Å². The Morgan fingerprint density at radius 3 is 2.89 bits per heavy atom. The molecule has 2 aromatic rings. The molecule has 0 aromatic heterocycles. The molecule has 2 nitrogen and oxygen atoms in total. The molecule has 1 N–H and O–H groups in total. The van der Waals surface area contributed by atoms with Crippen molar-refractivity contribution in [3.8, 4) is 5.75 Å². The Labute approximate surface area is 118 Å². The lowest BCUT2D eigenvalue weighted by Gasteiger charge is -2.13.